The van der Waals surface area contributed by atoms with Gasteiger partial charge in [-0.15, -0.1) is 0 Å². The van der Waals surface area contributed by atoms with Crippen molar-refractivity contribution in [2.75, 3.05) is 24.1 Å². The van der Waals surface area contributed by atoms with E-state index in [0.29, 0.717) is 29.4 Å². The molecule has 5 nitrogen and oxygen atoms in total. The zero-order chi connectivity index (χ0) is 16.5. The molecule has 7 heteroatoms. The van der Waals surface area contributed by atoms with Gasteiger partial charge in [-0.3, -0.25) is 9.52 Å². The minimum absolute atomic E-state index is 0.0863. The number of sulfonamides is 1. The zero-order valence-electron chi connectivity index (χ0n) is 13.0. The van der Waals surface area contributed by atoms with Crippen LogP contribution in [0.5, 0.6) is 0 Å². The van der Waals surface area contributed by atoms with Crippen LogP contribution in [0.3, 0.4) is 0 Å². The molecule has 122 valence electrons. The van der Waals surface area contributed by atoms with Crippen LogP contribution < -0.4 is 4.72 Å². The molecular weight excluding hydrogens is 324 g/mol. The molecule has 22 heavy (non-hydrogen) atoms. The maximum Gasteiger partial charge on any atom is 0.255 e. The van der Waals surface area contributed by atoms with Gasteiger partial charge in [0.25, 0.3) is 5.91 Å². The van der Waals surface area contributed by atoms with Gasteiger partial charge < -0.3 is 4.90 Å². The summed E-state index contributed by atoms with van der Waals surface area (Å²) >= 11 is 6.13. The van der Waals surface area contributed by atoms with Crippen molar-refractivity contribution in [3.05, 3.63) is 28.8 Å². The van der Waals surface area contributed by atoms with Gasteiger partial charge in [0, 0.05) is 18.8 Å². The fourth-order valence-electron chi connectivity index (χ4n) is 2.73. The Balaban J connectivity index is 2.27. The molecule has 0 aliphatic carbocycles. The summed E-state index contributed by atoms with van der Waals surface area (Å²) in [6.45, 7) is 5.64. The highest BCUT2D eigenvalue weighted by molar-refractivity contribution is 7.92. The number of anilines is 1. The lowest BCUT2D eigenvalue weighted by atomic mass is 9.84. The van der Waals surface area contributed by atoms with E-state index in [0.717, 1.165) is 19.1 Å². The van der Waals surface area contributed by atoms with E-state index in [-0.39, 0.29) is 11.3 Å². The number of carbonyl (C=O) groups excluding carboxylic acids is 1. The first kappa shape index (κ1) is 17.1. The van der Waals surface area contributed by atoms with Crippen LogP contribution in [0.4, 0.5) is 5.69 Å². The topological polar surface area (TPSA) is 66.5 Å². The Bertz CT molecular complexity index is 686. The first-order chi connectivity index (χ1) is 10.1. The fourth-order valence-corrected chi connectivity index (χ4v) is 3.49. The quantitative estimate of drug-likeness (QED) is 0.916. The van der Waals surface area contributed by atoms with Crippen LogP contribution in [-0.2, 0) is 10.0 Å². The van der Waals surface area contributed by atoms with E-state index >= 15 is 0 Å². The van der Waals surface area contributed by atoms with Crippen molar-refractivity contribution in [1.82, 2.24) is 4.90 Å². The van der Waals surface area contributed by atoms with E-state index in [1.807, 2.05) is 0 Å². The highest BCUT2D eigenvalue weighted by Gasteiger charge is 2.30. The molecule has 1 N–H and O–H groups in total. The molecule has 0 atom stereocenters. The van der Waals surface area contributed by atoms with Crippen molar-refractivity contribution in [3.8, 4) is 0 Å². The van der Waals surface area contributed by atoms with E-state index in [2.05, 4.69) is 18.6 Å². The number of benzene rings is 1. The summed E-state index contributed by atoms with van der Waals surface area (Å²) in [4.78, 5) is 14.5. The first-order valence-electron chi connectivity index (χ1n) is 7.14. The number of carbonyl (C=O) groups is 1. The zero-order valence-corrected chi connectivity index (χ0v) is 14.6. The van der Waals surface area contributed by atoms with Crippen LogP contribution in [0.2, 0.25) is 5.02 Å². The minimum Gasteiger partial charge on any atom is -0.338 e. The molecule has 0 radical (unpaired) electrons. The van der Waals surface area contributed by atoms with Gasteiger partial charge in [-0.25, -0.2) is 8.42 Å². The molecule has 0 saturated carbocycles. The molecule has 1 aliphatic rings. The molecule has 2 rings (SSSR count). The number of nitrogens with zero attached hydrogens (tertiary/aromatic N) is 1. The smallest absolute Gasteiger partial charge is 0.255 e. The van der Waals surface area contributed by atoms with Crippen molar-refractivity contribution in [1.29, 1.82) is 0 Å². The lowest BCUT2D eigenvalue weighted by molar-refractivity contribution is 0.0583. The third-order valence-electron chi connectivity index (χ3n) is 3.69. The second kappa shape index (κ2) is 6.08. The van der Waals surface area contributed by atoms with Gasteiger partial charge in [-0.05, 0) is 36.5 Å². The van der Waals surface area contributed by atoms with Gasteiger partial charge in [0.05, 0.1) is 16.8 Å². The van der Waals surface area contributed by atoms with Crippen LogP contribution in [0.25, 0.3) is 0 Å². The molecule has 1 aliphatic heterocycles. The molecular formula is C15H21ClN2O3S. The third-order valence-corrected chi connectivity index (χ3v) is 4.62. The Morgan fingerprint density at radius 1 is 1.36 bits per heavy atom. The van der Waals surface area contributed by atoms with E-state index in [1.54, 1.807) is 11.0 Å². The molecule has 1 saturated heterocycles. The van der Waals surface area contributed by atoms with Crippen molar-refractivity contribution in [2.24, 2.45) is 5.41 Å². The number of rotatable bonds is 3. The van der Waals surface area contributed by atoms with Gasteiger partial charge in [0.15, 0.2) is 0 Å². The van der Waals surface area contributed by atoms with E-state index < -0.39 is 10.0 Å². The predicted molar refractivity (Wildman–Crippen MR) is 88.8 cm³/mol. The highest BCUT2D eigenvalue weighted by Crippen LogP contribution is 2.31. The number of amides is 1. The Kier molecular flexibility index (Phi) is 4.73. The molecule has 1 fully saturated rings. The van der Waals surface area contributed by atoms with Gasteiger partial charge in [0.2, 0.25) is 10.0 Å². The maximum atomic E-state index is 12.7. The second-order valence-corrected chi connectivity index (χ2v) is 8.72. The Hall–Kier alpha value is -1.27. The van der Waals surface area contributed by atoms with Crippen molar-refractivity contribution in [3.63, 3.8) is 0 Å². The van der Waals surface area contributed by atoms with E-state index in [9.17, 15) is 13.2 Å². The average Bonchev–Trinajstić information content (AvgIpc) is 2.37. The van der Waals surface area contributed by atoms with Crippen LogP contribution in [-0.4, -0.2) is 38.6 Å². The normalized spacial score (nSPS) is 18.1. The van der Waals surface area contributed by atoms with E-state index in [4.69, 9.17) is 11.6 Å². The summed E-state index contributed by atoms with van der Waals surface area (Å²) in [6, 6.07) is 4.57. The third kappa shape index (κ3) is 4.36. The van der Waals surface area contributed by atoms with Crippen molar-refractivity contribution < 1.29 is 13.2 Å². The average molecular weight is 345 g/mol. The SMILES string of the molecule is CC1(C)CCCN(C(=O)c2cc(NS(C)(=O)=O)ccc2Cl)C1. The summed E-state index contributed by atoms with van der Waals surface area (Å²) in [7, 11) is -3.39. The number of hydrogen-bond acceptors (Lipinski definition) is 3. The molecule has 1 heterocycles. The molecule has 1 aromatic carbocycles. The number of piperidine rings is 1. The monoisotopic (exact) mass is 344 g/mol. The molecule has 1 amide bonds. The van der Waals surface area contributed by atoms with Gasteiger partial charge in [-0.1, -0.05) is 25.4 Å². The van der Waals surface area contributed by atoms with Crippen LogP contribution in [0.15, 0.2) is 18.2 Å². The second-order valence-electron chi connectivity index (χ2n) is 6.56. The molecule has 1 aromatic rings. The molecule has 0 spiro atoms. The van der Waals surface area contributed by atoms with Crippen LogP contribution in [0, 0.1) is 5.41 Å². The van der Waals surface area contributed by atoms with Crippen LogP contribution >= 0.6 is 11.6 Å². The first-order valence-corrected chi connectivity index (χ1v) is 9.41. The summed E-state index contributed by atoms with van der Waals surface area (Å²) in [6.07, 6.45) is 3.11. The van der Waals surface area contributed by atoms with Crippen LogP contribution in [0.1, 0.15) is 37.0 Å². The summed E-state index contributed by atoms with van der Waals surface area (Å²) in [5, 5.41) is 0.326. The lowest BCUT2D eigenvalue weighted by Crippen LogP contribution is -2.43. The predicted octanol–water partition coefficient (Wildman–Crippen LogP) is 2.97. The Morgan fingerprint density at radius 2 is 2.05 bits per heavy atom. The minimum atomic E-state index is -3.39. The number of hydrogen-bond donors (Lipinski definition) is 1. The highest BCUT2D eigenvalue weighted by atomic mass is 35.5. The molecule has 0 aromatic heterocycles. The summed E-state index contributed by atoms with van der Waals surface area (Å²) in [5.41, 5.74) is 0.753. The number of likely N-dealkylation sites (tertiary alicyclic amines) is 1. The van der Waals surface area contributed by atoms with Crippen molar-refractivity contribution in [2.45, 2.75) is 26.7 Å². The Labute approximate surface area is 136 Å². The summed E-state index contributed by atoms with van der Waals surface area (Å²) in [5.74, 6) is -0.157. The van der Waals surface area contributed by atoms with Gasteiger partial charge in [0.1, 0.15) is 0 Å². The fraction of sp³-hybridized carbons (Fsp3) is 0.533. The molecule has 0 unspecified atom stereocenters. The van der Waals surface area contributed by atoms with Gasteiger partial charge in [-0.2, -0.15) is 0 Å². The number of halogens is 1. The maximum absolute atomic E-state index is 12.7. The van der Waals surface area contributed by atoms with E-state index in [1.165, 1.54) is 12.1 Å². The Morgan fingerprint density at radius 3 is 2.64 bits per heavy atom. The van der Waals surface area contributed by atoms with Gasteiger partial charge >= 0.3 is 0 Å². The van der Waals surface area contributed by atoms with Crippen molar-refractivity contribution >= 4 is 33.2 Å². The lowest BCUT2D eigenvalue weighted by Gasteiger charge is -2.38. The largest absolute Gasteiger partial charge is 0.338 e. The standard InChI is InChI=1S/C15H21ClN2O3S/c1-15(2)7-4-8-18(10-15)14(19)12-9-11(5-6-13(12)16)17-22(3,20)21/h5-6,9,17H,4,7-8,10H2,1-3H3. The number of nitrogens with one attached hydrogen (secondary N) is 1. The molecule has 0 bridgehead atoms. The summed E-state index contributed by atoms with van der Waals surface area (Å²) < 4.78 is 25.0.